The smallest absolute Gasteiger partial charge is 0.292 e. The Bertz CT molecular complexity index is 797. The number of rotatable bonds is 4. The monoisotopic (exact) mass is 411 g/mol. The lowest BCUT2D eigenvalue weighted by Crippen LogP contribution is -2.35. The van der Waals surface area contributed by atoms with Crippen molar-refractivity contribution in [1.29, 1.82) is 0 Å². The van der Waals surface area contributed by atoms with Gasteiger partial charge < -0.3 is 15.5 Å². The second-order valence-corrected chi connectivity index (χ2v) is 7.83. The minimum atomic E-state index is -0.513. The highest BCUT2D eigenvalue weighted by atomic mass is 79.9. The number of nitrogens with one attached hydrogen (secondary N) is 1. The van der Waals surface area contributed by atoms with Crippen LogP contribution in [0.4, 0.5) is 5.00 Å². The molecule has 0 aromatic carbocycles. The van der Waals surface area contributed by atoms with E-state index in [4.69, 9.17) is 10.2 Å². The Balaban J connectivity index is 1.91. The molecule has 1 aliphatic rings. The van der Waals surface area contributed by atoms with Crippen LogP contribution in [0.25, 0.3) is 0 Å². The Morgan fingerprint density at radius 1 is 1.42 bits per heavy atom. The van der Waals surface area contributed by atoms with Gasteiger partial charge in [0.25, 0.3) is 11.8 Å². The zero-order chi connectivity index (χ0) is 17.4. The first-order valence-corrected chi connectivity index (χ1v) is 9.23. The molecule has 0 bridgehead atoms. The number of hydrogen-bond acceptors (Lipinski definition) is 5. The lowest BCUT2D eigenvalue weighted by Gasteiger charge is -2.30. The summed E-state index contributed by atoms with van der Waals surface area (Å²) < 4.78 is 5.73. The number of carbonyl (C=O) groups is 2. The molecule has 1 aliphatic heterocycles. The van der Waals surface area contributed by atoms with Crippen molar-refractivity contribution in [2.75, 3.05) is 11.9 Å². The molecule has 0 atom stereocenters. The summed E-state index contributed by atoms with van der Waals surface area (Å²) in [6, 6.07) is 3.64. The van der Waals surface area contributed by atoms with Crippen molar-refractivity contribution in [2.45, 2.75) is 32.9 Å². The van der Waals surface area contributed by atoms with Gasteiger partial charge in [0.1, 0.15) is 5.00 Å². The largest absolute Gasteiger partial charge is 0.444 e. The lowest BCUT2D eigenvalue weighted by molar-refractivity contribution is 0.0996. The van der Waals surface area contributed by atoms with Crippen LogP contribution >= 0.6 is 27.3 Å². The van der Waals surface area contributed by atoms with Crippen molar-refractivity contribution < 1.29 is 14.0 Å². The summed E-state index contributed by atoms with van der Waals surface area (Å²) in [4.78, 5) is 27.6. The second-order valence-electron chi connectivity index (χ2n) is 5.94. The van der Waals surface area contributed by atoms with Crippen LogP contribution in [0.3, 0.4) is 0 Å². The van der Waals surface area contributed by atoms with Crippen LogP contribution in [0.2, 0.25) is 0 Å². The van der Waals surface area contributed by atoms with Gasteiger partial charge in [-0.05, 0) is 53.9 Å². The first-order chi connectivity index (χ1) is 11.4. The van der Waals surface area contributed by atoms with Gasteiger partial charge >= 0.3 is 0 Å². The Labute approximate surface area is 152 Å². The van der Waals surface area contributed by atoms with Crippen LogP contribution in [0.15, 0.2) is 21.2 Å². The zero-order valence-electron chi connectivity index (χ0n) is 13.4. The maximum Gasteiger partial charge on any atom is 0.292 e. The molecule has 3 rings (SSSR count). The van der Waals surface area contributed by atoms with E-state index in [1.54, 1.807) is 12.1 Å². The highest BCUT2D eigenvalue weighted by molar-refractivity contribution is 9.10. The van der Waals surface area contributed by atoms with E-state index in [1.807, 2.05) is 0 Å². The number of amides is 2. The number of carbonyl (C=O) groups excluding carboxylic acids is 2. The number of thiophene rings is 1. The van der Waals surface area contributed by atoms with E-state index < -0.39 is 11.8 Å². The van der Waals surface area contributed by atoms with Crippen molar-refractivity contribution in [1.82, 2.24) is 4.90 Å². The number of anilines is 1. The third-order valence-corrected chi connectivity index (χ3v) is 5.65. The van der Waals surface area contributed by atoms with E-state index in [2.05, 4.69) is 40.0 Å². The molecule has 0 radical (unpaired) electrons. The minimum absolute atomic E-state index is 0.174. The number of primary amides is 1. The summed E-state index contributed by atoms with van der Waals surface area (Å²) in [7, 11) is 0. The summed E-state index contributed by atoms with van der Waals surface area (Å²) in [6.07, 6.45) is 0.754. The molecular formula is C16H18BrN3O3S. The number of nitrogens with zero attached hydrogens (tertiary/aromatic N) is 1. The minimum Gasteiger partial charge on any atom is -0.444 e. The molecule has 2 aromatic heterocycles. The Kier molecular flexibility index (Phi) is 4.80. The molecule has 3 heterocycles. The van der Waals surface area contributed by atoms with Gasteiger partial charge in [0, 0.05) is 24.0 Å². The van der Waals surface area contributed by atoms with E-state index in [0.717, 1.165) is 30.0 Å². The van der Waals surface area contributed by atoms with Crippen LogP contribution < -0.4 is 11.1 Å². The molecule has 3 N–H and O–H groups in total. The van der Waals surface area contributed by atoms with Crippen LogP contribution in [-0.4, -0.2) is 29.3 Å². The molecular weight excluding hydrogens is 394 g/mol. The van der Waals surface area contributed by atoms with E-state index >= 15 is 0 Å². The van der Waals surface area contributed by atoms with E-state index in [0.29, 0.717) is 21.3 Å². The maximum atomic E-state index is 12.3. The van der Waals surface area contributed by atoms with Crippen LogP contribution in [0.5, 0.6) is 0 Å². The maximum absolute atomic E-state index is 12.3. The fourth-order valence-electron chi connectivity index (χ4n) is 2.81. The predicted molar refractivity (Wildman–Crippen MR) is 96.4 cm³/mol. The molecule has 2 amide bonds. The highest BCUT2D eigenvalue weighted by Gasteiger charge is 2.28. The van der Waals surface area contributed by atoms with Gasteiger partial charge in [-0.25, -0.2) is 0 Å². The van der Waals surface area contributed by atoms with Gasteiger partial charge in [0.15, 0.2) is 10.4 Å². The van der Waals surface area contributed by atoms with Crippen molar-refractivity contribution in [3.05, 3.63) is 38.6 Å². The van der Waals surface area contributed by atoms with Gasteiger partial charge in [0.05, 0.1) is 5.56 Å². The first-order valence-electron chi connectivity index (χ1n) is 7.62. The molecule has 0 spiro atoms. The molecule has 0 fully saturated rings. The molecule has 128 valence electrons. The van der Waals surface area contributed by atoms with E-state index in [9.17, 15) is 9.59 Å². The highest BCUT2D eigenvalue weighted by Crippen LogP contribution is 2.37. The predicted octanol–water partition coefficient (Wildman–Crippen LogP) is 3.22. The topological polar surface area (TPSA) is 88.6 Å². The average Bonchev–Trinajstić information content (AvgIpc) is 3.09. The first kappa shape index (κ1) is 17.2. The molecule has 24 heavy (non-hydrogen) atoms. The van der Waals surface area contributed by atoms with Crippen LogP contribution in [0, 0.1) is 0 Å². The zero-order valence-corrected chi connectivity index (χ0v) is 15.8. The summed E-state index contributed by atoms with van der Waals surface area (Å²) in [5.41, 5.74) is 6.95. The van der Waals surface area contributed by atoms with Crippen LogP contribution in [-0.2, 0) is 13.0 Å². The fourth-order valence-corrected chi connectivity index (χ4v) is 4.39. The standard InChI is InChI=1S/C16H18BrN3O3S/c1-8(2)20-6-5-9-11(7-20)24-16(13(9)14(18)21)19-15(22)10-3-4-12(17)23-10/h3-4,8H,5-7H2,1-2H3,(H2,18,21)(H,19,22). The Morgan fingerprint density at radius 2 is 2.17 bits per heavy atom. The Morgan fingerprint density at radius 3 is 2.75 bits per heavy atom. The van der Waals surface area contributed by atoms with Crippen molar-refractivity contribution in [2.24, 2.45) is 5.73 Å². The number of nitrogens with two attached hydrogens (primary N) is 1. The van der Waals surface area contributed by atoms with Crippen LogP contribution in [0.1, 0.15) is 45.2 Å². The third kappa shape index (κ3) is 3.26. The van der Waals surface area contributed by atoms with Gasteiger partial charge in [0.2, 0.25) is 0 Å². The van der Waals surface area contributed by atoms with Crippen molar-refractivity contribution in [3.8, 4) is 0 Å². The van der Waals surface area contributed by atoms with Crippen molar-refractivity contribution in [3.63, 3.8) is 0 Å². The summed E-state index contributed by atoms with van der Waals surface area (Å²) in [5, 5.41) is 3.26. The average molecular weight is 412 g/mol. The molecule has 0 saturated carbocycles. The summed E-state index contributed by atoms with van der Waals surface area (Å²) in [5.74, 6) is -0.739. The number of fused-ring (bicyclic) bond motifs is 1. The van der Waals surface area contributed by atoms with E-state index in [-0.39, 0.29) is 5.76 Å². The third-order valence-electron chi connectivity index (χ3n) is 4.09. The number of hydrogen-bond donors (Lipinski definition) is 2. The molecule has 0 unspecified atom stereocenters. The number of furan rings is 1. The summed E-state index contributed by atoms with van der Waals surface area (Å²) in [6.45, 7) is 5.93. The van der Waals surface area contributed by atoms with Gasteiger partial charge in [-0.2, -0.15) is 0 Å². The molecule has 6 nitrogen and oxygen atoms in total. The molecule has 0 aliphatic carbocycles. The lowest BCUT2D eigenvalue weighted by atomic mass is 10.0. The van der Waals surface area contributed by atoms with Gasteiger partial charge in [-0.1, -0.05) is 0 Å². The van der Waals surface area contributed by atoms with Gasteiger partial charge in [-0.15, -0.1) is 11.3 Å². The van der Waals surface area contributed by atoms with E-state index in [1.165, 1.54) is 11.3 Å². The van der Waals surface area contributed by atoms with Crippen molar-refractivity contribution >= 4 is 44.1 Å². The molecule has 2 aromatic rings. The normalized spacial score (nSPS) is 14.7. The molecule has 0 saturated heterocycles. The second kappa shape index (κ2) is 6.70. The van der Waals surface area contributed by atoms with Gasteiger partial charge in [-0.3, -0.25) is 14.5 Å². The molecule has 8 heteroatoms. The number of halogens is 1. The summed E-state index contributed by atoms with van der Waals surface area (Å²) >= 11 is 4.58. The SMILES string of the molecule is CC(C)N1CCc2c(sc(NC(=O)c3ccc(Br)o3)c2C(N)=O)C1. The quantitative estimate of drug-likeness (QED) is 0.807. The Hall–Kier alpha value is -1.64. The fraction of sp³-hybridized carbons (Fsp3) is 0.375.